The number of rotatable bonds is 9. The van der Waals surface area contributed by atoms with Gasteiger partial charge in [-0.3, -0.25) is 0 Å². The van der Waals surface area contributed by atoms with Crippen LogP contribution in [-0.2, 0) is 0 Å². The van der Waals surface area contributed by atoms with Crippen molar-refractivity contribution in [3.63, 3.8) is 0 Å². The molecule has 9 nitrogen and oxygen atoms in total. The summed E-state index contributed by atoms with van der Waals surface area (Å²) in [6, 6.07) is 0.986. The van der Waals surface area contributed by atoms with E-state index in [0.717, 1.165) is 75.8 Å². The lowest BCUT2D eigenvalue weighted by atomic mass is 9.79. The first-order chi connectivity index (χ1) is 20.4. The van der Waals surface area contributed by atoms with Gasteiger partial charge in [0.1, 0.15) is 0 Å². The van der Waals surface area contributed by atoms with Crippen LogP contribution in [0.15, 0.2) is 0 Å². The average molecular weight is 628 g/mol. The molecule has 3 saturated heterocycles. The second-order valence-corrected chi connectivity index (χ2v) is 18.9. The summed E-state index contributed by atoms with van der Waals surface area (Å²) >= 11 is 0. The lowest BCUT2D eigenvalue weighted by Crippen LogP contribution is -2.63. The van der Waals surface area contributed by atoms with E-state index in [2.05, 4.69) is 135 Å². The van der Waals surface area contributed by atoms with Gasteiger partial charge in [0.2, 0.25) is 17.8 Å². The van der Waals surface area contributed by atoms with Gasteiger partial charge in [-0.25, -0.2) is 0 Å². The molecule has 1 aromatic heterocycles. The van der Waals surface area contributed by atoms with Gasteiger partial charge in [-0.05, 0) is 128 Å². The van der Waals surface area contributed by atoms with Crippen LogP contribution in [-0.4, -0.2) is 87.0 Å². The van der Waals surface area contributed by atoms with Crippen molar-refractivity contribution in [2.24, 2.45) is 0 Å². The summed E-state index contributed by atoms with van der Waals surface area (Å²) in [5.74, 6) is 2.42. The average Bonchev–Trinajstić information content (AvgIpc) is 2.82. The Labute approximate surface area is 276 Å². The molecule has 0 spiro atoms. The van der Waals surface area contributed by atoms with E-state index in [9.17, 15) is 0 Å². The number of anilines is 3. The van der Waals surface area contributed by atoms with Gasteiger partial charge in [0.15, 0.2) is 0 Å². The largest absolute Gasteiger partial charge is 0.341 e. The molecular formula is C36H69N9. The summed E-state index contributed by atoms with van der Waals surface area (Å²) in [6.45, 7) is 31.1. The number of unbranched alkanes of at least 4 members (excludes halogenated alkanes) is 1. The molecule has 45 heavy (non-hydrogen) atoms. The zero-order chi connectivity index (χ0) is 33.8. The molecule has 0 unspecified atom stereocenters. The summed E-state index contributed by atoms with van der Waals surface area (Å²) in [7, 11) is 4.41. The normalized spacial score (nSPS) is 25.9. The SMILES string of the molecule is CCCCN(c1nc(N(C)C2CC(C)(C)NC(C)(C)C2)nc(N(C)C2CC(C)(C)NC(C)(C)C2)n1)C1CC(C)(C)NC(C)(C)C1. The Balaban J connectivity index is 1.81. The molecule has 0 bridgehead atoms. The van der Waals surface area contributed by atoms with Crippen LogP contribution in [0.2, 0.25) is 0 Å². The maximum Gasteiger partial charge on any atom is 0.232 e. The number of nitrogens with one attached hydrogen (secondary N) is 3. The summed E-state index contributed by atoms with van der Waals surface area (Å²) in [4.78, 5) is 23.3. The predicted octanol–water partition coefficient (Wildman–Crippen LogP) is 6.28. The third-order valence-electron chi connectivity index (χ3n) is 10.3. The van der Waals surface area contributed by atoms with Crippen LogP contribution in [0.25, 0.3) is 0 Å². The second kappa shape index (κ2) is 12.4. The quantitative estimate of drug-likeness (QED) is 0.293. The van der Waals surface area contributed by atoms with Crippen LogP contribution >= 0.6 is 0 Å². The molecule has 258 valence electrons. The molecule has 0 aromatic carbocycles. The minimum atomic E-state index is 0.0294. The maximum absolute atomic E-state index is 5.36. The second-order valence-electron chi connectivity index (χ2n) is 18.9. The fourth-order valence-corrected chi connectivity index (χ4v) is 9.46. The number of hydrogen-bond acceptors (Lipinski definition) is 9. The molecule has 0 radical (unpaired) electrons. The minimum absolute atomic E-state index is 0.0294. The Morgan fingerprint density at radius 1 is 0.511 bits per heavy atom. The summed E-state index contributed by atoms with van der Waals surface area (Å²) < 4.78 is 0. The highest BCUT2D eigenvalue weighted by molar-refractivity contribution is 5.48. The van der Waals surface area contributed by atoms with Crippen LogP contribution < -0.4 is 30.7 Å². The molecule has 3 aliphatic rings. The summed E-state index contributed by atoms with van der Waals surface area (Å²) in [5, 5.41) is 11.6. The van der Waals surface area contributed by atoms with Gasteiger partial charge in [-0.15, -0.1) is 0 Å². The highest BCUT2D eigenvalue weighted by Gasteiger charge is 2.44. The van der Waals surface area contributed by atoms with E-state index in [0.29, 0.717) is 18.1 Å². The van der Waals surface area contributed by atoms with Crippen LogP contribution in [0.5, 0.6) is 0 Å². The lowest BCUT2D eigenvalue weighted by molar-refractivity contribution is 0.157. The van der Waals surface area contributed by atoms with Crippen molar-refractivity contribution in [1.29, 1.82) is 0 Å². The van der Waals surface area contributed by atoms with Crippen molar-refractivity contribution in [3.05, 3.63) is 0 Å². The van der Waals surface area contributed by atoms with E-state index < -0.39 is 0 Å². The molecule has 0 atom stereocenters. The highest BCUT2D eigenvalue weighted by Crippen LogP contribution is 2.37. The van der Waals surface area contributed by atoms with E-state index in [1.54, 1.807) is 0 Å². The standard InChI is InChI=1S/C36H69N9/c1-16-17-18-45(27-23-35(10,11)42-36(12,13)24-27)30-38-28(43(14)25-19-31(2,3)40-32(4,5)20-25)37-29(39-30)44(15)26-21-33(6,7)41-34(8,9)22-26/h25-27,40-42H,16-24H2,1-15H3. The molecule has 4 rings (SSSR count). The minimum Gasteiger partial charge on any atom is -0.341 e. The monoisotopic (exact) mass is 628 g/mol. The molecule has 0 aliphatic carbocycles. The Morgan fingerprint density at radius 3 is 1.11 bits per heavy atom. The van der Waals surface area contributed by atoms with E-state index >= 15 is 0 Å². The molecule has 1 aromatic rings. The molecule has 0 amide bonds. The van der Waals surface area contributed by atoms with Crippen molar-refractivity contribution in [2.75, 3.05) is 35.3 Å². The molecule has 3 fully saturated rings. The smallest absolute Gasteiger partial charge is 0.232 e. The van der Waals surface area contributed by atoms with E-state index in [1.807, 2.05) is 0 Å². The Hall–Kier alpha value is -1.71. The van der Waals surface area contributed by atoms with E-state index in [4.69, 9.17) is 15.0 Å². The zero-order valence-electron chi connectivity index (χ0n) is 31.8. The fraction of sp³-hybridized carbons (Fsp3) is 0.917. The van der Waals surface area contributed by atoms with Crippen molar-refractivity contribution in [1.82, 2.24) is 30.9 Å². The zero-order valence-corrected chi connectivity index (χ0v) is 31.8. The molecule has 3 aliphatic heterocycles. The number of piperidine rings is 3. The van der Waals surface area contributed by atoms with Gasteiger partial charge >= 0.3 is 0 Å². The summed E-state index contributed by atoms with van der Waals surface area (Å²) in [5.41, 5.74) is 0.177. The summed E-state index contributed by atoms with van der Waals surface area (Å²) in [6.07, 6.45) is 8.48. The van der Waals surface area contributed by atoms with Crippen molar-refractivity contribution in [2.45, 2.75) is 193 Å². The van der Waals surface area contributed by atoms with Crippen LogP contribution in [0, 0.1) is 0 Å². The number of aromatic nitrogens is 3. The third-order valence-corrected chi connectivity index (χ3v) is 10.3. The van der Waals surface area contributed by atoms with Crippen LogP contribution in [0.1, 0.15) is 141 Å². The molecular weight excluding hydrogens is 558 g/mol. The predicted molar refractivity (Wildman–Crippen MR) is 192 cm³/mol. The van der Waals surface area contributed by atoms with Gasteiger partial charge in [0.25, 0.3) is 0 Å². The van der Waals surface area contributed by atoms with Crippen molar-refractivity contribution in [3.8, 4) is 0 Å². The Bertz CT molecular complexity index is 1060. The first kappa shape index (κ1) is 36.1. The van der Waals surface area contributed by atoms with Gasteiger partial charge < -0.3 is 30.7 Å². The van der Waals surface area contributed by atoms with Gasteiger partial charge in [0.05, 0.1) is 0 Å². The van der Waals surface area contributed by atoms with Gasteiger partial charge in [0, 0.05) is 72.0 Å². The molecule has 0 saturated carbocycles. The maximum atomic E-state index is 5.36. The van der Waals surface area contributed by atoms with Crippen molar-refractivity contribution < 1.29 is 0 Å². The fourth-order valence-electron chi connectivity index (χ4n) is 9.46. The third kappa shape index (κ3) is 9.22. The Kier molecular flexibility index (Phi) is 9.95. The van der Waals surface area contributed by atoms with E-state index in [1.165, 1.54) is 0 Å². The first-order valence-corrected chi connectivity index (χ1v) is 17.8. The molecule has 9 heteroatoms. The highest BCUT2D eigenvalue weighted by atomic mass is 15.4. The number of hydrogen-bond donors (Lipinski definition) is 3. The topological polar surface area (TPSA) is 84.5 Å². The van der Waals surface area contributed by atoms with Gasteiger partial charge in [-0.2, -0.15) is 15.0 Å². The first-order valence-electron chi connectivity index (χ1n) is 17.8. The Morgan fingerprint density at radius 2 is 0.800 bits per heavy atom. The van der Waals surface area contributed by atoms with Gasteiger partial charge in [-0.1, -0.05) is 13.3 Å². The number of nitrogens with zero attached hydrogens (tertiary/aromatic N) is 6. The van der Waals surface area contributed by atoms with Crippen molar-refractivity contribution >= 4 is 17.8 Å². The van der Waals surface area contributed by atoms with E-state index in [-0.39, 0.29) is 33.2 Å². The molecule has 4 heterocycles. The lowest BCUT2D eigenvalue weighted by Gasteiger charge is -2.50. The van der Waals surface area contributed by atoms with Crippen LogP contribution in [0.4, 0.5) is 17.8 Å². The molecule has 3 N–H and O–H groups in total. The van der Waals surface area contributed by atoms with Crippen LogP contribution in [0.3, 0.4) is 0 Å².